The molecule has 0 radical (unpaired) electrons. The van der Waals surface area contributed by atoms with Crippen molar-refractivity contribution in [3.05, 3.63) is 187 Å². The number of rotatable bonds is 7. The first-order valence-corrected chi connectivity index (χ1v) is 15.9. The number of allylic oxidation sites excluding steroid dienone is 4. The first-order valence-electron chi connectivity index (χ1n) is 15.9. The summed E-state index contributed by atoms with van der Waals surface area (Å²) in [6.07, 6.45) is 13.1. The molecule has 1 atom stereocenters. The van der Waals surface area contributed by atoms with E-state index in [0.717, 1.165) is 56.4 Å². The minimum absolute atomic E-state index is 0.0381. The van der Waals surface area contributed by atoms with Crippen LogP contribution in [0, 0.1) is 17.6 Å². The highest BCUT2D eigenvalue weighted by Crippen LogP contribution is 2.46. The van der Waals surface area contributed by atoms with Crippen molar-refractivity contribution in [1.29, 1.82) is 0 Å². The molecule has 0 aliphatic heterocycles. The summed E-state index contributed by atoms with van der Waals surface area (Å²) in [6.45, 7) is 0. The van der Waals surface area contributed by atoms with Crippen LogP contribution >= 0.6 is 0 Å². The van der Waals surface area contributed by atoms with Crippen LogP contribution in [-0.2, 0) is 5.54 Å². The molecule has 1 aliphatic carbocycles. The maximum absolute atomic E-state index is 14.2. The van der Waals surface area contributed by atoms with Crippen LogP contribution in [0.15, 0.2) is 164 Å². The second-order valence-corrected chi connectivity index (χ2v) is 12.0. The van der Waals surface area contributed by atoms with Gasteiger partial charge in [0.1, 0.15) is 29.2 Å². The number of hydrogen-bond acceptors (Lipinski definition) is 3. The molecule has 6 heteroatoms. The van der Waals surface area contributed by atoms with Crippen LogP contribution in [0.3, 0.4) is 0 Å². The smallest absolute Gasteiger partial charge is 0.123 e. The third kappa shape index (κ3) is 5.12. The summed E-state index contributed by atoms with van der Waals surface area (Å²) in [4.78, 5) is 9.14. The Morgan fingerprint density at radius 1 is 0.625 bits per heavy atom. The highest BCUT2D eigenvalue weighted by Gasteiger charge is 2.44. The van der Waals surface area contributed by atoms with Crippen molar-refractivity contribution in [2.45, 2.75) is 12.0 Å². The fraction of sp³-hybridized carbons (Fsp3) is 0.0714. The molecule has 7 aromatic rings. The van der Waals surface area contributed by atoms with Crippen LogP contribution in [0.4, 0.5) is 8.78 Å². The first kappa shape index (κ1) is 29.4. The Morgan fingerprint density at radius 2 is 1.23 bits per heavy atom. The summed E-state index contributed by atoms with van der Waals surface area (Å²) in [7, 11) is 0. The predicted octanol–water partition coefficient (Wildman–Crippen LogP) is 10.0. The van der Waals surface area contributed by atoms with E-state index in [9.17, 15) is 8.78 Å². The Balaban J connectivity index is 1.41. The molecule has 4 nitrogen and oxygen atoms in total. The number of benzene rings is 5. The minimum atomic E-state index is -0.712. The van der Waals surface area contributed by atoms with Gasteiger partial charge in [-0.15, -0.1) is 0 Å². The normalized spacial score (nSPS) is 14.4. The van der Waals surface area contributed by atoms with Crippen molar-refractivity contribution < 1.29 is 8.78 Å². The number of aromatic nitrogens is 4. The van der Waals surface area contributed by atoms with E-state index in [4.69, 9.17) is 5.10 Å². The highest BCUT2D eigenvalue weighted by atomic mass is 19.1. The van der Waals surface area contributed by atoms with Crippen LogP contribution in [0.5, 0.6) is 0 Å². The van der Waals surface area contributed by atoms with Gasteiger partial charge in [-0.25, -0.2) is 18.7 Å². The molecule has 2 aromatic heterocycles. The van der Waals surface area contributed by atoms with Gasteiger partial charge in [0.05, 0.1) is 11.2 Å². The minimum Gasteiger partial charge on any atom is -0.256 e. The van der Waals surface area contributed by atoms with E-state index in [-0.39, 0.29) is 17.6 Å². The summed E-state index contributed by atoms with van der Waals surface area (Å²) in [5.74, 6) is -0.581. The van der Waals surface area contributed by atoms with E-state index in [2.05, 4.69) is 99.7 Å². The molecule has 232 valence electrons. The van der Waals surface area contributed by atoms with Crippen molar-refractivity contribution in [2.75, 3.05) is 0 Å². The molecule has 2 heterocycles. The summed E-state index contributed by atoms with van der Waals surface area (Å²) < 4.78 is 30.2. The standard InChI is InChI=1S/C42H30F2N4/c43-35-21-16-29(17-22-35)40-37-26-31(20-25-39(37)45-28-46-40)38-27-48(47-41(38)30-18-23-36(44)24-19-30)42(32-10-4-1-5-11-32,33-12-6-2-7-13-33)34-14-8-3-9-15-34/h1-14,16-28,34H,15H2. The third-order valence-corrected chi connectivity index (χ3v) is 9.20. The number of hydrogen-bond donors (Lipinski definition) is 0. The van der Waals surface area contributed by atoms with E-state index in [0.29, 0.717) is 5.69 Å². The predicted molar refractivity (Wildman–Crippen MR) is 187 cm³/mol. The molecule has 0 spiro atoms. The van der Waals surface area contributed by atoms with Crippen LogP contribution in [0.1, 0.15) is 17.5 Å². The van der Waals surface area contributed by atoms with Crippen molar-refractivity contribution in [2.24, 2.45) is 5.92 Å². The lowest BCUT2D eigenvalue weighted by Crippen LogP contribution is -2.43. The average molecular weight is 629 g/mol. The summed E-state index contributed by atoms with van der Waals surface area (Å²) in [6, 6.07) is 39.9. The van der Waals surface area contributed by atoms with Gasteiger partial charge in [-0.2, -0.15) is 5.10 Å². The Kier molecular flexibility index (Phi) is 7.54. The van der Waals surface area contributed by atoms with Crippen molar-refractivity contribution in [1.82, 2.24) is 19.7 Å². The second-order valence-electron chi connectivity index (χ2n) is 12.0. The quantitative estimate of drug-likeness (QED) is 0.176. The van der Waals surface area contributed by atoms with Gasteiger partial charge in [0.2, 0.25) is 0 Å². The molecule has 0 saturated carbocycles. The topological polar surface area (TPSA) is 43.6 Å². The molecule has 0 fully saturated rings. The molecule has 0 amide bonds. The zero-order valence-electron chi connectivity index (χ0n) is 25.9. The van der Waals surface area contributed by atoms with Gasteiger partial charge < -0.3 is 0 Å². The fourth-order valence-corrected chi connectivity index (χ4v) is 6.95. The zero-order valence-corrected chi connectivity index (χ0v) is 25.9. The molecule has 0 N–H and O–H groups in total. The lowest BCUT2D eigenvalue weighted by molar-refractivity contribution is 0.293. The van der Waals surface area contributed by atoms with Crippen LogP contribution in [0.25, 0.3) is 44.5 Å². The van der Waals surface area contributed by atoms with Crippen molar-refractivity contribution >= 4 is 10.9 Å². The second kappa shape index (κ2) is 12.3. The van der Waals surface area contributed by atoms with Gasteiger partial charge in [-0.3, -0.25) is 4.68 Å². The number of nitrogens with zero attached hydrogens (tertiary/aromatic N) is 4. The SMILES string of the molecule is Fc1ccc(-c2nn(C(c3ccccc3)(c3ccccc3)C3C=CC=CC3)cc2-c2ccc3ncnc(-c4ccc(F)cc4)c3c2)cc1. The van der Waals surface area contributed by atoms with Gasteiger partial charge in [-0.05, 0) is 83.8 Å². The molecule has 8 rings (SSSR count). The van der Waals surface area contributed by atoms with Crippen molar-refractivity contribution in [3.63, 3.8) is 0 Å². The Morgan fingerprint density at radius 3 is 1.83 bits per heavy atom. The van der Waals surface area contributed by atoms with E-state index in [1.54, 1.807) is 24.3 Å². The van der Waals surface area contributed by atoms with E-state index >= 15 is 0 Å². The molecule has 0 saturated heterocycles. The van der Waals surface area contributed by atoms with E-state index < -0.39 is 5.54 Å². The summed E-state index contributed by atoms with van der Waals surface area (Å²) >= 11 is 0. The molecular formula is C42H30F2N4. The summed E-state index contributed by atoms with van der Waals surface area (Å²) in [5.41, 5.74) is 7.06. The van der Waals surface area contributed by atoms with E-state index in [1.807, 2.05) is 24.3 Å². The Hall–Kier alpha value is -6.01. The molecule has 0 bridgehead atoms. The Bertz CT molecular complexity index is 2230. The van der Waals surface area contributed by atoms with Gasteiger partial charge in [0.25, 0.3) is 0 Å². The maximum atomic E-state index is 14.2. The van der Waals surface area contributed by atoms with Crippen molar-refractivity contribution in [3.8, 4) is 33.6 Å². The molecular weight excluding hydrogens is 598 g/mol. The average Bonchev–Trinajstić information content (AvgIpc) is 3.59. The van der Waals surface area contributed by atoms with Gasteiger partial charge in [-0.1, -0.05) is 91.0 Å². The van der Waals surface area contributed by atoms with Crippen LogP contribution in [0.2, 0.25) is 0 Å². The monoisotopic (exact) mass is 628 g/mol. The largest absolute Gasteiger partial charge is 0.256 e. The van der Waals surface area contributed by atoms with Gasteiger partial charge in [0.15, 0.2) is 0 Å². The van der Waals surface area contributed by atoms with Gasteiger partial charge in [0, 0.05) is 34.2 Å². The summed E-state index contributed by atoms with van der Waals surface area (Å²) in [5, 5.41) is 6.25. The van der Waals surface area contributed by atoms with E-state index in [1.165, 1.54) is 30.6 Å². The molecule has 1 unspecified atom stereocenters. The van der Waals surface area contributed by atoms with Crippen LogP contribution in [-0.4, -0.2) is 19.7 Å². The lowest BCUT2D eigenvalue weighted by Gasteiger charge is -2.41. The number of halogens is 2. The fourth-order valence-electron chi connectivity index (χ4n) is 6.95. The number of fused-ring (bicyclic) bond motifs is 1. The highest BCUT2D eigenvalue weighted by molar-refractivity contribution is 5.96. The molecule has 1 aliphatic rings. The first-order chi connectivity index (χ1) is 23.6. The van der Waals surface area contributed by atoms with Gasteiger partial charge >= 0.3 is 0 Å². The zero-order chi connectivity index (χ0) is 32.5. The molecule has 48 heavy (non-hydrogen) atoms. The Labute approximate surface area is 277 Å². The lowest BCUT2D eigenvalue weighted by atomic mass is 9.70. The van der Waals surface area contributed by atoms with Crippen LogP contribution < -0.4 is 0 Å². The molecule has 5 aromatic carbocycles. The maximum Gasteiger partial charge on any atom is 0.123 e. The third-order valence-electron chi connectivity index (χ3n) is 9.20.